The first kappa shape index (κ1) is 23.0. The Bertz CT molecular complexity index is 1250. The minimum absolute atomic E-state index is 0.175. The third-order valence-electron chi connectivity index (χ3n) is 5.03. The van der Waals surface area contributed by atoms with Gasteiger partial charge in [0.25, 0.3) is 5.91 Å². The Balaban J connectivity index is 1.50. The van der Waals surface area contributed by atoms with Crippen LogP contribution in [-0.4, -0.2) is 18.2 Å². The lowest BCUT2D eigenvalue weighted by Gasteiger charge is -2.11. The minimum atomic E-state index is -0.175. The van der Waals surface area contributed by atoms with E-state index in [9.17, 15) is 4.79 Å². The number of benzene rings is 3. The van der Waals surface area contributed by atoms with E-state index in [0.29, 0.717) is 33.2 Å². The molecule has 1 fully saturated rings. The molecule has 33 heavy (non-hydrogen) atoms. The summed E-state index contributed by atoms with van der Waals surface area (Å²) in [5.74, 6) is 1.03. The van der Waals surface area contributed by atoms with Crippen molar-refractivity contribution in [3.63, 3.8) is 0 Å². The van der Waals surface area contributed by atoms with E-state index >= 15 is 0 Å². The van der Waals surface area contributed by atoms with E-state index in [2.05, 4.69) is 10.3 Å². The molecule has 168 valence electrons. The minimum Gasteiger partial charge on any atom is -0.493 e. The normalized spacial score (nSPS) is 15.7. The van der Waals surface area contributed by atoms with Gasteiger partial charge in [-0.05, 0) is 84.3 Å². The predicted molar refractivity (Wildman–Crippen MR) is 135 cm³/mol. The van der Waals surface area contributed by atoms with Crippen molar-refractivity contribution in [1.29, 1.82) is 0 Å². The zero-order chi connectivity index (χ0) is 23.4. The van der Waals surface area contributed by atoms with Crippen LogP contribution in [0.2, 0.25) is 5.02 Å². The maximum Gasteiger partial charge on any atom is 0.264 e. The van der Waals surface area contributed by atoms with Crippen molar-refractivity contribution < 1.29 is 14.3 Å². The highest BCUT2D eigenvalue weighted by molar-refractivity contribution is 8.18. The van der Waals surface area contributed by atoms with Gasteiger partial charge in [-0.3, -0.25) is 4.79 Å². The van der Waals surface area contributed by atoms with Crippen molar-refractivity contribution in [1.82, 2.24) is 5.32 Å². The Morgan fingerprint density at radius 3 is 2.58 bits per heavy atom. The second-order valence-electron chi connectivity index (χ2n) is 7.60. The molecule has 1 saturated heterocycles. The highest BCUT2D eigenvalue weighted by Gasteiger charge is 2.24. The summed E-state index contributed by atoms with van der Waals surface area (Å²) in [6.45, 7) is 4.41. The number of thioether (sulfide) groups is 1. The van der Waals surface area contributed by atoms with Crippen LogP contribution in [0.1, 0.15) is 22.3 Å². The van der Waals surface area contributed by atoms with Crippen molar-refractivity contribution in [2.45, 2.75) is 20.5 Å². The lowest BCUT2D eigenvalue weighted by atomic mass is 10.1. The predicted octanol–water partition coefficient (Wildman–Crippen LogP) is 6.44. The van der Waals surface area contributed by atoms with Gasteiger partial charge in [0, 0.05) is 5.02 Å². The lowest BCUT2D eigenvalue weighted by Crippen LogP contribution is -2.19. The first-order valence-corrected chi connectivity index (χ1v) is 11.5. The molecular formula is C26H23ClN2O3S. The van der Waals surface area contributed by atoms with Crippen molar-refractivity contribution in [2.24, 2.45) is 4.99 Å². The summed E-state index contributed by atoms with van der Waals surface area (Å²) >= 11 is 7.25. The molecule has 0 saturated carbocycles. The number of nitrogens with zero attached hydrogens (tertiary/aromatic N) is 1. The summed E-state index contributed by atoms with van der Waals surface area (Å²) in [7, 11) is 1.59. The smallest absolute Gasteiger partial charge is 0.264 e. The van der Waals surface area contributed by atoms with E-state index in [0.717, 1.165) is 27.9 Å². The SMILES string of the molecule is COc1cc(/C=C2\SC(=Nc3cc(C)ccc3C)NC2=O)ccc1OCc1ccc(Cl)cc1. The molecule has 1 amide bonds. The molecule has 0 bridgehead atoms. The van der Waals surface area contributed by atoms with Crippen LogP contribution in [0.5, 0.6) is 11.5 Å². The van der Waals surface area contributed by atoms with Gasteiger partial charge in [-0.25, -0.2) is 4.99 Å². The Labute approximate surface area is 202 Å². The number of rotatable bonds is 6. The molecule has 0 atom stereocenters. The molecule has 5 nitrogen and oxygen atoms in total. The number of carbonyl (C=O) groups excluding carboxylic acids is 1. The number of nitrogens with one attached hydrogen (secondary N) is 1. The average molecular weight is 479 g/mol. The topological polar surface area (TPSA) is 59.9 Å². The molecule has 0 spiro atoms. The van der Waals surface area contributed by atoms with Crippen LogP contribution in [0.4, 0.5) is 5.69 Å². The van der Waals surface area contributed by atoms with Crippen LogP contribution in [-0.2, 0) is 11.4 Å². The molecule has 0 radical (unpaired) electrons. The first-order chi connectivity index (χ1) is 15.9. The zero-order valence-electron chi connectivity index (χ0n) is 18.5. The van der Waals surface area contributed by atoms with Gasteiger partial charge in [-0.1, -0.05) is 41.9 Å². The summed E-state index contributed by atoms with van der Waals surface area (Å²) in [4.78, 5) is 17.7. The van der Waals surface area contributed by atoms with E-state index in [1.165, 1.54) is 11.8 Å². The van der Waals surface area contributed by atoms with Gasteiger partial charge in [0.2, 0.25) is 0 Å². The number of halogens is 1. The molecule has 0 unspecified atom stereocenters. The van der Waals surface area contributed by atoms with Crippen molar-refractivity contribution in [2.75, 3.05) is 7.11 Å². The quantitative estimate of drug-likeness (QED) is 0.414. The number of ether oxygens (including phenoxy) is 2. The number of carbonyl (C=O) groups is 1. The number of methoxy groups -OCH3 is 1. The van der Waals surface area contributed by atoms with Crippen molar-refractivity contribution in [3.05, 3.63) is 92.8 Å². The Hall–Kier alpha value is -3.22. The highest BCUT2D eigenvalue weighted by Crippen LogP contribution is 2.33. The Kier molecular flexibility index (Phi) is 7.06. The van der Waals surface area contributed by atoms with Gasteiger partial charge < -0.3 is 14.8 Å². The Morgan fingerprint density at radius 1 is 1.03 bits per heavy atom. The van der Waals surface area contributed by atoms with Gasteiger partial charge in [0.1, 0.15) is 6.61 Å². The van der Waals surface area contributed by atoms with E-state index in [1.807, 2.05) is 80.6 Å². The highest BCUT2D eigenvalue weighted by atomic mass is 35.5. The van der Waals surface area contributed by atoms with E-state index in [4.69, 9.17) is 21.1 Å². The second-order valence-corrected chi connectivity index (χ2v) is 9.06. The number of aryl methyl sites for hydroxylation is 2. The maximum atomic E-state index is 12.5. The summed E-state index contributed by atoms with van der Waals surface area (Å²) in [6.07, 6.45) is 1.82. The number of aliphatic imine (C=N–C) groups is 1. The molecule has 3 aromatic rings. The van der Waals surface area contributed by atoms with Gasteiger partial charge >= 0.3 is 0 Å². The number of hydrogen-bond donors (Lipinski definition) is 1. The van der Waals surface area contributed by atoms with Crippen LogP contribution < -0.4 is 14.8 Å². The maximum absolute atomic E-state index is 12.5. The molecule has 1 aliphatic rings. The fourth-order valence-electron chi connectivity index (χ4n) is 3.22. The average Bonchev–Trinajstić information content (AvgIpc) is 3.14. The second kappa shape index (κ2) is 10.1. The van der Waals surface area contributed by atoms with Crippen LogP contribution in [0, 0.1) is 13.8 Å². The number of hydrogen-bond acceptors (Lipinski definition) is 5. The molecular weight excluding hydrogens is 456 g/mol. The summed E-state index contributed by atoms with van der Waals surface area (Å²) in [5, 5.41) is 4.09. The molecule has 0 aromatic heterocycles. The van der Waals surface area contributed by atoms with Gasteiger partial charge in [0.05, 0.1) is 17.7 Å². The monoisotopic (exact) mass is 478 g/mol. The summed E-state index contributed by atoms with van der Waals surface area (Å²) < 4.78 is 11.4. The fourth-order valence-corrected chi connectivity index (χ4v) is 4.18. The first-order valence-electron chi connectivity index (χ1n) is 10.3. The Morgan fingerprint density at radius 2 is 1.82 bits per heavy atom. The van der Waals surface area contributed by atoms with Crippen molar-refractivity contribution in [3.8, 4) is 11.5 Å². The van der Waals surface area contributed by atoms with Gasteiger partial charge in [-0.15, -0.1) is 0 Å². The summed E-state index contributed by atoms with van der Waals surface area (Å²) in [6, 6.07) is 19.1. The van der Waals surface area contributed by atoms with E-state index in [-0.39, 0.29) is 5.91 Å². The number of amides is 1. The standard InChI is InChI=1S/C26H23ClN2O3S/c1-16-4-5-17(2)21(12-16)28-26-29-25(30)24(33-26)14-19-8-11-22(23(13-19)31-3)32-15-18-6-9-20(27)10-7-18/h4-14H,15H2,1-3H3,(H,28,29,30)/b24-14-. The molecule has 1 aliphatic heterocycles. The zero-order valence-corrected chi connectivity index (χ0v) is 20.1. The van der Waals surface area contributed by atoms with Gasteiger partial charge in [0.15, 0.2) is 16.7 Å². The van der Waals surface area contributed by atoms with Crippen LogP contribution >= 0.6 is 23.4 Å². The number of amidine groups is 1. The lowest BCUT2D eigenvalue weighted by molar-refractivity contribution is -0.115. The van der Waals surface area contributed by atoms with Crippen molar-refractivity contribution >= 4 is 46.2 Å². The molecule has 1 N–H and O–H groups in total. The molecule has 1 heterocycles. The third-order valence-corrected chi connectivity index (χ3v) is 6.19. The van der Waals surface area contributed by atoms with Gasteiger partial charge in [-0.2, -0.15) is 0 Å². The third kappa shape index (κ3) is 5.78. The van der Waals surface area contributed by atoms with E-state index < -0.39 is 0 Å². The largest absolute Gasteiger partial charge is 0.493 e. The van der Waals surface area contributed by atoms with E-state index in [1.54, 1.807) is 7.11 Å². The molecule has 0 aliphatic carbocycles. The van der Waals surface area contributed by atoms with Crippen LogP contribution in [0.3, 0.4) is 0 Å². The fraction of sp³-hybridized carbons (Fsp3) is 0.154. The summed E-state index contributed by atoms with van der Waals surface area (Å²) in [5.41, 5.74) is 4.86. The molecule has 7 heteroatoms. The van der Waals surface area contributed by atoms with Crippen LogP contribution in [0.15, 0.2) is 70.6 Å². The molecule has 3 aromatic carbocycles. The van der Waals surface area contributed by atoms with Crippen LogP contribution in [0.25, 0.3) is 6.08 Å². The molecule has 4 rings (SSSR count).